The third kappa shape index (κ3) is 8.46. The standard InChI is InChI=1S/C13H26O2/c1-4-7-11-15-13(14)10-9-12(6-3)8-5-2/h12H,4-11H2,1-3H3. The smallest absolute Gasteiger partial charge is 0.305 e. The predicted octanol–water partition coefficient (Wildman–Crippen LogP) is 3.94. The monoisotopic (exact) mass is 214 g/mol. The second kappa shape index (κ2) is 10.0. The Morgan fingerprint density at radius 3 is 2.40 bits per heavy atom. The van der Waals surface area contributed by atoms with Crippen LogP contribution in [-0.4, -0.2) is 12.6 Å². The van der Waals surface area contributed by atoms with Gasteiger partial charge in [0.05, 0.1) is 6.61 Å². The second-order valence-electron chi connectivity index (χ2n) is 4.18. The minimum atomic E-state index is -0.0157. The highest BCUT2D eigenvalue weighted by molar-refractivity contribution is 5.69. The molecule has 0 aliphatic carbocycles. The molecule has 0 N–H and O–H groups in total. The molecule has 0 saturated heterocycles. The van der Waals surface area contributed by atoms with Gasteiger partial charge in [-0.3, -0.25) is 4.79 Å². The molecule has 0 fully saturated rings. The molecule has 0 bridgehead atoms. The Balaban J connectivity index is 3.50. The fourth-order valence-corrected chi connectivity index (χ4v) is 1.69. The number of ether oxygens (including phenoxy) is 1. The summed E-state index contributed by atoms with van der Waals surface area (Å²) in [5.74, 6) is 0.687. The van der Waals surface area contributed by atoms with Crippen LogP contribution in [-0.2, 0) is 9.53 Å². The van der Waals surface area contributed by atoms with Gasteiger partial charge in [0.25, 0.3) is 0 Å². The number of rotatable bonds is 9. The minimum absolute atomic E-state index is 0.0157. The van der Waals surface area contributed by atoms with E-state index in [0.717, 1.165) is 19.3 Å². The van der Waals surface area contributed by atoms with E-state index in [4.69, 9.17) is 4.74 Å². The van der Waals surface area contributed by atoms with Gasteiger partial charge >= 0.3 is 5.97 Å². The molecule has 0 amide bonds. The van der Waals surface area contributed by atoms with E-state index in [0.29, 0.717) is 18.9 Å². The molecule has 0 aliphatic heterocycles. The van der Waals surface area contributed by atoms with Gasteiger partial charge in [-0.2, -0.15) is 0 Å². The van der Waals surface area contributed by atoms with Crippen LogP contribution in [0, 0.1) is 5.92 Å². The SMILES string of the molecule is CCCCOC(=O)CCC(CC)CCC. The first-order valence-electron chi connectivity index (χ1n) is 6.40. The van der Waals surface area contributed by atoms with Crippen LogP contribution in [0.3, 0.4) is 0 Å². The summed E-state index contributed by atoms with van der Waals surface area (Å²) in [5.41, 5.74) is 0. The van der Waals surface area contributed by atoms with E-state index in [9.17, 15) is 4.79 Å². The summed E-state index contributed by atoms with van der Waals surface area (Å²) >= 11 is 0. The molecule has 0 saturated carbocycles. The molecule has 2 nitrogen and oxygen atoms in total. The summed E-state index contributed by atoms with van der Waals surface area (Å²) in [4.78, 5) is 11.3. The Hall–Kier alpha value is -0.530. The highest BCUT2D eigenvalue weighted by Crippen LogP contribution is 2.17. The van der Waals surface area contributed by atoms with Crippen molar-refractivity contribution >= 4 is 5.97 Å². The van der Waals surface area contributed by atoms with Gasteiger partial charge in [-0.05, 0) is 18.8 Å². The van der Waals surface area contributed by atoms with Gasteiger partial charge in [-0.1, -0.05) is 46.5 Å². The van der Waals surface area contributed by atoms with Crippen molar-refractivity contribution in [1.82, 2.24) is 0 Å². The molecule has 0 heterocycles. The van der Waals surface area contributed by atoms with Crippen LogP contribution in [0.5, 0.6) is 0 Å². The normalized spacial score (nSPS) is 12.5. The Labute approximate surface area is 94.4 Å². The molecule has 15 heavy (non-hydrogen) atoms. The van der Waals surface area contributed by atoms with Gasteiger partial charge in [0.1, 0.15) is 0 Å². The van der Waals surface area contributed by atoms with Crippen LogP contribution >= 0.6 is 0 Å². The highest BCUT2D eigenvalue weighted by atomic mass is 16.5. The van der Waals surface area contributed by atoms with Crippen LogP contribution < -0.4 is 0 Å². The maximum Gasteiger partial charge on any atom is 0.305 e. The zero-order valence-corrected chi connectivity index (χ0v) is 10.6. The second-order valence-corrected chi connectivity index (χ2v) is 4.18. The summed E-state index contributed by atoms with van der Waals surface area (Å²) in [6, 6.07) is 0. The number of hydrogen-bond acceptors (Lipinski definition) is 2. The third-order valence-corrected chi connectivity index (χ3v) is 2.79. The van der Waals surface area contributed by atoms with Gasteiger partial charge in [0.15, 0.2) is 0 Å². The zero-order valence-electron chi connectivity index (χ0n) is 10.6. The van der Waals surface area contributed by atoms with Gasteiger partial charge < -0.3 is 4.74 Å². The number of carbonyl (C=O) groups is 1. The van der Waals surface area contributed by atoms with Crippen molar-refractivity contribution in [2.24, 2.45) is 5.92 Å². The van der Waals surface area contributed by atoms with Gasteiger partial charge in [-0.25, -0.2) is 0 Å². The van der Waals surface area contributed by atoms with E-state index in [1.54, 1.807) is 0 Å². The molecule has 0 radical (unpaired) electrons. The quantitative estimate of drug-likeness (QED) is 0.429. The highest BCUT2D eigenvalue weighted by Gasteiger charge is 2.09. The topological polar surface area (TPSA) is 26.3 Å². The molecular weight excluding hydrogens is 188 g/mol. The third-order valence-electron chi connectivity index (χ3n) is 2.79. The number of unbranched alkanes of at least 4 members (excludes halogenated alkanes) is 1. The van der Waals surface area contributed by atoms with Crippen LogP contribution in [0.15, 0.2) is 0 Å². The first kappa shape index (κ1) is 14.5. The predicted molar refractivity (Wildman–Crippen MR) is 63.8 cm³/mol. The lowest BCUT2D eigenvalue weighted by Gasteiger charge is -2.12. The average Bonchev–Trinajstić information content (AvgIpc) is 2.24. The first-order chi connectivity index (χ1) is 7.24. The van der Waals surface area contributed by atoms with Crippen molar-refractivity contribution < 1.29 is 9.53 Å². The molecular formula is C13H26O2. The number of hydrogen-bond donors (Lipinski definition) is 0. The van der Waals surface area contributed by atoms with Gasteiger partial charge in [0, 0.05) is 6.42 Å². The Kier molecular flexibility index (Phi) is 9.65. The van der Waals surface area contributed by atoms with Gasteiger partial charge in [0.2, 0.25) is 0 Å². The Bertz CT molecular complexity index is 155. The summed E-state index contributed by atoms with van der Waals surface area (Å²) in [6.45, 7) is 7.09. The van der Waals surface area contributed by atoms with Gasteiger partial charge in [-0.15, -0.1) is 0 Å². The van der Waals surface area contributed by atoms with E-state index in [1.807, 2.05) is 0 Å². The maximum atomic E-state index is 11.3. The van der Waals surface area contributed by atoms with Crippen molar-refractivity contribution in [2.45, 2.75) is 65.7 Å². The number of esters is 1. The summed E-state index contributed by atoms with van der Waals surface area (Å²) < 4.78 is 5.12. The van der Waals surface area contributed by atoms with Crippen molar-refractivity contribution in [1.29, 1.82) is 0 Å². The van der Waals surface area contributed by atoms with Crippen LogP contribution in [0.4, 0.5) is 0 Å². The van der Waals surface area contributed by atoms with Crippen molar-refractivity contribution in [3.05, 3.63) is 0 Å². The molecule has 0 aromatic heterocycles. The molecule has 1 unspecified atom stereocenters. The first-order valence-corrected chi connectivity index (χ1v) is 6.40. The molecule has 0 aromatic carbocycles. The fraction of sp³-hybridized carbons (Fsp3) is 0.923. The fourth-order valence-electron chi connectivity index (χ4n) is 1.69. The molecule has 90 valence electrons. The van der Waals surface area contributed by atoms with E-state index in [1.165, 1.54) is 19.3 Å². The van der Waals surface area contributed by atoms with Crippen molar-refractivity contribution in [2.75, 3.05) is 6.61 Å². The average molecular weight is 214 g/mol. The van der Waals surface area contributed by atoms with E-state index >= 15 is 0 Å². The molecule has 0 aliphatic rings. The number of carbonyl (C=O) groups excluding carboxylic acids is 1. The van der Waals surface area contributed by atoms with Crippen LogP contribution in [0.1, 0.15) is 65.7 Å². The Morgan fingerprint density at radius 2 is 1.87 bits per heavy atom. The zero-order chi connectivity index (χ0) is 11.5. The molecule has 1 atom stereocenters. The molecule has 0 spiro atoms. The lowest BCUT2D eigenvalue weighted by molar-refractivity contribution is -0.144. The lowest BCUT2D eigenvalue weighted by atomic mass is 9.95. The van der Waals surface area contributed by atoms with Crippen molar-refractivity contribution in [3.63, 3.8) is 0 Å². The lowest BCUT2D eigenvalue weighted by Crippen LogP contribution is -2.08. The van der Waals surface area contributed by atoms with Crippen LogP contribution in [0.2, 0.25) is 0 Å². The summed E-state index contributed by atoms with van der Waals surface area (Å²) in [5, 5.41) is 0. The molecule has 0 rings (SSSR count). The van der Waals surface area contributed by atoms with E-state index < -0.39 is 0 Å². The van der Waals surface area contributed by atoms with Crippen LogP contribution in [0.25, 0.3) is 0 Å². The summed E-state index contributed by atoms with van der Waals surface area (Å²) in [7, 11) is 0. The summed E-state index contributed by atoms with van der Waals surface area (Å²) in [6.07, 6.45) is 7.29. The van der Waals surface area contributed by atoms with Crippen molar-refractivity contribution in [3.8, 4) is 0 Å². The Morgan fingerprint density at radius 1 is 1.13 bits per heavy atom. The maximum absolute atomic E-state index is 11.3. The van der Waals surface area contributed by atoms with E-state index in [2.05, 4.69) is 20.8 Å². The molecule has 0 aromatic rings. The van der Waals surface area contributed by atoms with E-state index in [-0.39, 0.29) is 5.97 Å². The minimum Gasteiger partial charge on any atom is -0.466 e. The largest absolute Gasteiger partial charge is 0.466 e. The molecule has 2 heteroatoms.